The third kappa shape index (κ3) is 5.51. The lowest BCUT2D eigenvalue weighted by Crippen LogP contribution is -2.43. The van der Waals surface area contributed by atoms with Gasteiger partial charge < -0.3 is 10.1 Å². The summed E-state index contributed by atoms with van der Waals surface area (Å²) in [5.74, 6) is -1.27. The van der Waals surface area contributed by atoms with Gasteiger partial charge in [-0.2, -0.15) is 17.5 Å². The Morgan fingerprint density at radius 1 is 1.03 bits per heavy atom. The SMILES string of the molecule is O=C(Nc1ccc(OC(F)(F)F)cc1)C1CCCN1S(=O)(=O)c1cccc(C(F)(F)F)c1. The van der Waals surface area contributed by atoms with Gasteiger partial charge in [0.1, 0.15) is 11.8 Å². The normalized spacial score (nSPS) is 17.9. The minimum atomic E-state index is -4.88. The van der Waals surface area contributed by atoms with Gasteiger partial charge in [-0.05, 0) is 55.3 Å². The Kier molecular flexibility index (Phi) is 6.43. The molecule has 174 valence electrons. The molecule has 0 radical (unpaired) electrons. The zero-order chi connectivity index (χ0) is 23.7. The van der Waals surface area contributed by atoms with Gasteiger partial charge in [-0.25, -0.2) is 8.42 Å². The van der Waals surface area contributed by atoms with Crippen LogP contribution in [0.1, 0.15) is 18.4 Å². The van der Waals surface area contributed by atoms with E-state index in [-0.39, 0.29) is 18.7 Å². The van der Waals surface area contributed by atoms with Crippen molar-refractivity contribution in [1.29, 1.82) is 0 Å². The Hall–Kier alpha value is -2.80. The predicted molar refractivity (Wildman–Crippen MR) is 100 cm³/mol. The zero-order valence-corrected chi connectivity index (χ0v) is 16.9. The first-order valence-electron chi connectivity index (χ1n) is 9.13. The summed E-state index contributed by atoms with van der Waals surface area (Å²) in [5, 5.41) is 2.40. The Bertz CT molecular complexity index is 1080. The van der Waals surface area contributed by atoms with Gasteiger partial charge in [0.15, 0.2) is 0 Å². The van der Waals surface area contributed by atoms with E-state index in [1.807, 2.05) is 0 Å². The number of carbonyl (C=O) groups excluding carboxylic acids is 1. The molecule has 0 saturated carbocycles. The van der Waals surface area contributed by atoms with Crippen LogP contribution in [0.25, 0.3) is 0 Å². The molecule has 1 fully saturated rings. The number of rotatable bonds is 5. The topological polar surface area (TPSA) is 75.7 Å². The third-order valence-corrected chi connectivity index (χ3v) is 6.53. The van der Waals surface area contributed by atoms with Crippen molar-refractivity contribution in [3.63, 3.8) is 0 Å². The molecule has 32 heavy (non-hydrogen) atoms. The number of nitrogens with zero attached hydrogens (tertiary/aromatic N) is 1. The highest BCUT2D eigenvalue weighted by molar-refractivity contribution is 7.89. The molecule has 1 atom stereocenters. The number of benzene rings is 2. The molecule has 0 spiro atoms. The number of ether oxygens (including phenoxy) is 1. The van der Waals surface area contributed by atoms with Gasteiger partial charge in [0.25, 0.3) is 0 Å². The highest BCUT2D eigenvalue weighted by atomic mass is 32.2. The van der Waals surface area contributed by atoms with Crippen molar-refractivity contribution in [3.8, 4) is 5.75 Å². The number of carbonyl (C=O) groups is 1. The number of halogens is 6. The van der Waals surface area contributed by atoms with Crippen LogP contribution < -0.4 is 10.1 Å². The lowest BCUT2D eigenvalue weighted by molar-refractivity contribution is -0.274. The summed E-state index contributed by atoms with van der Waals surface area (Å²) in [6.07, 6.45) is -9.20. The van der Waals surface area contributed by atoms with Crippen molar-refractivity contribution < 1.29 is 44.3 Å². The van der Waals surface area contributed by atoms with Gasteiger partial charge in [0, 0.05) is 12.2 Å². The molecule has 1 unspecified atom stereocenters. The molecule has 0 aliphatic carbocycles. The van der Waals surface area contributed by atoms with E-state index in [4.69, 9.17) is 0 Å². The number of nitrogens with one attached hydrogen (secondary N) is 1. The van der Waals surface area contributed by atoms with Gasteiger partial charge in [-0.3, -0.25) is 4.79 Å². The Labute approximate surface area is 178 Å². The van der Waals surface area contributed by atoms with Crippen molar-refractivity contribution in [2.45, 2.75) is 36.3 Å². The molecule has 0 aromatic heterocycles. The third-order valence-electron chi connectivity index (χ3n) is 4.63. The fourth-order valence-electron chi connectivity index (χ4n) is 3.22. The fourth-order valence-corrected chi connectivity index (χ4v) is 4.93. The van der Waals surface area contributed by atoms with Gasteiger partial charge in [0.05, 0.1) is 10.5 Å². The van der Waals surface area contributed by atoms with E-state index >= 15 is 0 Å². The van der Waals surface area contributed by atoms with Crippen molar-refractivity contribution in [2.75, 3.05) is 11.9 Å². The number of sulfonamides is 1. The standard InChI is InChI=1S/C19H16F6N2O4S/c20-18(21,22)12-3-1-4-15(11-12)32(29,30)27-10-2-5-16(27)17(28)26-13-6-8-14(9-7-13)31-19(23,24)25/h1,3-4,6-9,11,16H,2,5,10H2,(H,26,28). The molecule has 1 N–H and O–H groups in total. The van der Waals surface area contributed by atoms with Gasteiger partial charge in [0.2, 0.25) is 15.9 Å². The summed E-state index contributed by atoms with van der Waals surface area (Å²) < 4.78 is 106. The smallest absolute Gasteiger partial charge is 0.406 e. The molecule has 3 rings (SSSR count). The molecule has 2 aromatic carbocycles. The second-order valence-electron chi connectivity index (χ2n) is 6.86. The summed E-state index contributed by atoms with van der Waals surface area (Å²) >= 11 is 0. The molecule has 6 nitrogen and oxygen atoms in total. The maximum atomic E-state index is 13.0. The highest BCUT2D eigenvalue weighted by Crippen LogP contribution is 2.33. The van der Waals surface area contributed by atoms with Crippen LogP contribution in [0.3, 0.4) is 0 Å². The molecule has 1 aliphatic heterocycles. The maximum Gasteiger partial charge on any atom is 0.573 e. The quantitative estimate of drug-likeness (QED) is 0.642. The number of anilines is 1. The molecule has 1 saturated heterocycles. The van der Waals surface area contributed by atoms with Crippen LogP contribution >= 0.6 is 0 Å². The van der Waals surface area contributed by atoms with Crippen LogP contribution in [0.5, 0.6) is 5.75 Å². The lowest BCUT2D eigenvalue weighted by atomic mass is 10.2. The number of amides is 1. The van der Waals surface area contributed by atoms with Crippen LogP contribution in [0.4, 0.5) is 32.0 Å². The molecule has 0 bridgehead atoms. The van der Waals surface area contributed by atoms with Gasteiger partial charge >= 0.3 is 12.5 Å². The number of alkyl halides is 6. The molecular formula is C19H16F6N2O4S. The predicted octanol–water partition coefficient (Wildman–Crippen LogP) is 4.40. The zero-order valence-electron chi connectivity index (χ0n) is 16.1. The average Bonchev–Trinajstić information content (AvgIpc) is 3.19. The Morgan fingerprint density at radius 2 is 1.69 bits per heavy atom. The van der Waals surface area contributed by atoms with E-state index < -0.39 is 50.7 Å². The summed E-state index contributed by atoms with van der Waals surface area (Å²) in [6, 6.07) is 6.23. The van der Waals surface area contributed by atoms with Crippen LogP contribution in [0.15, 0.2) is 53.4 Å². The molecule has 1 amide bonds. The molecule has 1 aliphatic rings. The summed E-state index contributed by atoms with van der Waals surface area (Å²) in [4.78, 5) is 12.0. The minimum Gasteiger partial charge on any atom is -0.406 e. The number of hydrogen-bond acceptors (Lipinski definition) is 4. The first-order chi connectivity index (χ1) is 14.8. The van der Waals surface area contributed by atoms with E-state index in [0.29, 0.717) is 12.5 Å². The first-order valence-corrected chi connectivity index (χ1v) is 10.6. The summed E-state index contributed by atoms with van der Waals surface area (Å²) in [7, 11) is -4.41. The molecule has 13 heteroatoms. The Morgan fingerprint density at radius 3 is 2.28 bits per heavy atom. The van der Waals surface area contributed by atoms with Crippen LogP contribution in [-0.4, -0.2) is 37.6 Å². The van der Waals surface area contributed by atoms with Crippen molar-refractivity contribution in [1.82, 2.24) is 4.31 Å². The van der Waals surface area contributed by atoms with Crippen LogP contribution in [0, 0.1) is 0 Å². The van der Waals surface area contributed by atoms with Crippen LogP contribution in [0.2, 0.25) is 0 Å². The second-order valence-corrected chi connectivity index (χ2v) is 8.75. The number of hydrogen-bond donors (Lipinski definition) is 1. The minimum absolute atomic E-state index is 0.0744. The van der Waals surface area contributed by atoms with Gasteiger partial charge in [-0.1, -0.05) is 6.07 Å². The second kappa shape index (κ2) is 8.62. The molecular weight excluding hydrogens is 466 g/mol. The first kappa shape index (κ1) is 23.9. The maximum absolute atomic E-state index is 13.0. The monoisotopic (exact) mass is 482 g/mol. The van der Waals surface area contributed by atoms with E-state index in [2.05, 4.69) is 10.1 Å². The molecule has 2 aromatic rings. The van der Waals surface area contributed by atoms with E-state index in [1.165, 1.54) is 0 Å². The lowest BCUT2D eigenvalue weighted by Gasteiger charge is -2.24. The van der Waals surface area contributed by atoms with E-state index in [9.17, 15) is 39.6 Å². The van der Waals surface area contributed by atoms with E-state index in [1.54, 1.807) is 0 Å². The highest BCUT2D eigenvalue weighted by Gasteiger charge is 2.40. The van der Waals surface area contributed by atoms with Crippen molar-refractivity contribution >= 4 is 21.6 Å². The van der Waals surface area contributed by atoms with Crippen molar-refractivity contribution in [2.24, 2.45) is 0 Å². The van der Waals surface area contributed by atoms with E-state index in [0.717, 1.165) is 46.8 Å². The van der Waals surface area contributed by atoms with Crippen molar-refractivity contribution in [3.05, 3.63) is 54.1 Å². The van der Waals surface area contributed by atoms with Gasteiger partial charge in [-0.15, -0.1) is 13.2 Å². The summed E-state index contributed by atoms with van der Waals surface area (Å²) in [5.41, 5.74) is -1.05. The average molecular weight is 482 g/mol. The molecule has 1 heterocycles. The summed E-state index contributed by atoms with van der Waals surface area (Å²) in [6.45, 7) is -0.0744. The fraction of sp³-hybridized carbons (Fsp3) is 0.316. The largest absolute Gasteiger partial charge is 0.573 e. The Balaban J connectivity index is 1.77. The van der Waals surface area contributed by atoms with Crippen LogP contribution in [-0.2, 0) is 21.0 Å².